The summed E-state index contributed by atoms with van der Waals surface area (Å²) in [5, 5.41) is 9.25. The molecule has 2 amide bonds. The molecular formula is C21H25ClN4O4. The summed E-state index contributed by atoms with van der Waals surface area (Å²) in [7, 11) is 1.52. The van der Waals surface area contributed by atoms with Crippen molar-refractivity contribution < 1.29 is 19.1 Å². The van der Waals surface area contributed by atoms with Crippen molar-refractivity contribution in [2.24, 2.45) is 0 Å². The van der Waals surface area contributed by atoms with E-state index in [0.717, 1.165) is 24.5 Å². The van der Waals surface area contributed by atoms with Crippen LogP contribution in [0.4, 0.5) is 22.7 Å². The van der Waals surface area contributed by atoms with Gasteiger partial charge in [0.1, 0.15) is 5.75 Å². The topological polar surface area (TPSA) is 91.9 Å². The molecule has 8 nitrogen and oxygen atoms in total. The molecule has 1 aliphatic heterocycles. The molecule has 0 unspecified atom stereocenters. The van der Waals surface area contributed by atoms with Gasteiger partial charge in [-0.3, -0.25) is 9.59 Å². The number of carbonyl (C=O) groups excluding carboxylic acids is 2. The van der Waals surface area contributed by atoms with E-state index in [9.17, 15) is 9.59 Å². The zero-order valence-corrected chi connectivity index (χ0v) is 17.7. The van der Waals surface area contributed by atoms with Crippen LogP contribution in [0.1, 0.15) is 6.92 Å². The molecule has 30 heavy (non-hydrogen) atoms. The van der Waals surface area contributed by atoms with Crippen molar-refractivity contribution in [2.75, 3.05) is 60.8 Å². The van der Waals surface area contributed by atoms with Gasteiger partial charge in [0, 0.05) is 30.7 Å². The molecule has 160 valence electrons. The van der Waals surface area contributed by atoms with E-state index in [-0.39, 0.29) is 18.4 Å². The van der Waals surface area contributed by atoms with E-state index < -0.39 is 0 Å². The van der Waals surface area contributed by atoms with Gasteiger partial charge < -0.3 is 30.3 Å². The third-order valence-corrected chi connectivity index (χ3v) is 4.78. The Kier molecular flexibility index (Phi) is 7.37. The number of benzene rings is 2. The summed E-state index contributed by atoms with van der Waals surface area (Å²) in [5.74, 6) is 0.0334. The zero-order valence-electron chi connectivity index (χ0n) is 17.0. The Hall–Kier alpha value is -2.97. The fourth-order valence-corrected chi connectivity index (χ4v) is 3.36. The Labute approximate surface area is 180 Å². The molecule has 3 rings (SSSR count). The summed E-state index contributed by atoms with van der Waals surface area (Å²) in [6.07, 6.45) is 0. The average molecular weight is 433 g/mol. The number of hydrogen-bond acceptors (Lipinski definition) is 6. The first-order valence-corrected chi connectivity index (χ1v) is 9.95. The van der Waals surface area contributed by atoms with Crippen molar-refractivity contribution in [1.29, 1.82) is 0 Å². The number of morpholine rings is 1. The van der Waals surface area contributed by atoms with Crippen LogP contribution in [-0.4, -0.2) is 51.8 Å². The maximum absolute atomic E-state index is 12.6. The highest BCUT2D eigenvalue weighted by Gasteiger charge is 2.16. The van der Waals surface area contributed by atoms with Gasteiger partial charge in [-0.25, -0.2) is 0 Å². The minimum atomic E-state index is -0.263. The second kappa shape index (κ2) is 10.2. The summed E-state index contributed by atoms with van der Waals surface area (Å²) in [6.45, 7) is 4.32. The van der Waals surface area contributed by atoms with Gasteiger partial charge >= 0.3 is 0 Å². The van der Waals surface area contributed by atoms with E-state index in [1.165, 1.54) is 14.0 Å². The molecule has 0 saturated carbocycles. The number of hydrogen-bond donors (Lipinski definition) is 3. The zero-order chi connectivity index (χ0) is 21.5. The molecule has 0 bridgehead atoms. The third-order valence-electron chi connectivity index (χ3n) is 4.54. The number of amides is 2. The number of carbonyl (C=O) groups is 2. The number of halogens is 1. The van der Waals surface area contributed by atoms with E-state index >= 15 is 0 Å². The molecule has 1 fully saturated rings. The highest BCUT2D eigenvalue weighted by atomic mass is 35.5. The number of rotatable bonds is 7. The molecule has 0 aromatic heterocycles. The Morgan fingerprint density at radius 2 is 1.87 bits per heavy atom. The second-order valence-electron chi connectivity index (χ2n) is 6.76. The minimum absolute atomic E-state index is 0.0329. The van der Waals surface area contributed by atoms with E-state index in [1.807, 2.05) is 12.1 Å². The van der Waals surface area contributed by atoms with Gasteiger partial charge in [-0.15, -0.1) is 0 Å². The molecule has 0 radical (unpaired) electrons. The van der Waals surface area contributed by atoms with Crippen molar-refractivity contribution in [2.45, 2.75) is 6.92 Å². The SMILES string of the molecule is COc1ccc(NC(C)=O)cc1NC(=O)CNc1cc(Cl)ccc1N1CCOCC1. The Morgan fingerprint density at radius 1 is 1.10 bits per heavy atom. The Balaban J connectivity index is 1.69. The van der Waals surface area contributed by atoms with Crippen molar-refractivity contribution in [1.82, 2.24) is 0 Å². The number of nitrogens with zero attached hydrogens (tertiary/aromatic N) is 1. The molecule has 1 heterocycles. The predicted molar refractivity (Wildman–Crippen MR) is 119 cm³/mol. The molecule has 2 aromatic carbocycles. The number of nitrogens with one attached hydrogen (secondary N) is 3. The number of anilines is 4. The lowest BCUT2D eigenvalue weighted by molar-refractivity contribution is -0.115. The third kappa shape index (κ3) is 5.77. The molecule has 9 heteroatoms. The number of methoxy groups -OCH3 is 1. The monoisotopic (exact) mass is 432 g/mol. The van der Waals surface area contributed by atoms with Crippen molar-refractivity contribution in [3.8, 4) is 5.75 Å². The van der Waals surface area contributed by atoms with E-state index in [1.54, 1.807) is 24.3 Å². The van der Waals surface area contributed by atoms with Crippen LogP contribution < -0.4 is 25.6 Å². The average Bonchev–Trinajstić information content (AvgIpc) is 2.73. The Morgan fingerprint density at radius 3 is 2.57 bits per heavy atom. The fourth-order valence-electron chi connectivity index (χ4n) is 3.19. The summed E-state index contributed by atoms with van der Waals surface area (Å²) in [4.78, 5) is 26.1. The smallest absolute Gasteiger partial charge is 0.243 e. The minimum Gasteiger partial charge on any atom is -0.495 e. The van der Waals surface area contributed by atoms with Crippen LogP contribution in [0.2, 0.25) is 5.02 Å². The quantitative estimate of drug-likeness (QED) is 0.622. The molecular weight excluding hydrogens is 408 g/mol. The summed E-state index contributed by atoms with van der Waals surface area (Å²) >= 11 is 6.16. The van der Waals surface area contributed by atoms with Crippen molar-refractivity contribution in [3.05, 3.63) is 41.4 Å². The van der Waals surface area contributed by atoms with E-state index in [2.05, 4.69) is 20.9 Å². The highest BCUT2D eigenvalue weighted by molar-refractivity contribution is 6.31. The van der Waals surface area contributed by atoms with Crippen LogP contribution in [0.25, 0.3) is 0 Å². The van der Waals surface area contributed by atoms with Crippen LogP contribution >= 0.6 is 11.6 Å². The predicted octanol–water partition coefficient (Wildman–Crippen LogP) is 3.19. The lowest BCUT2D eigenvalue weighted by Crippen LogP contribution is -2.36. The number of ether oxygens (including phenoxy) is 2. The van der Waals surface area contributed by atoms with Gasteiger partial charge in [-0.1, -0.05) is 11.6 Å². The summed E-state index contributed by atoms with van der Waals surface area (Å²) in [6, 6.07) is 10.6. The van der Waals surface area contributed by atoms with E-state index in [0.29, 0.717) is 35.4 Å². The molecule has 1 aliphatic rings. The first-order chi connectivity index (χ1) is 14.5. The van der Waals surface area contributed by atoms with Crippen LogP contribution in [-0.2, 0) is 14.3 Å². The molecule has 0 atom stereocenters. The fraction of sp³-hybridized carbons (Fsp3) is 0.333. The van der Waals surface area contributed by atoms with Gasteiger partial charge in [-0.2, -0.15) is 0 Å². The summed E-state index contributed by atoms with van der Waals surface area (Å²) < 4.78 is 10.7. The van der Waals surface area contributed by atoms with Gasteiger partial charge in [-0.05, 0) is 36.4 Å². The maximum Gasteiger partial charge on any atom is 0.243 e. The van der Waals surface area contributed by atoms with Gasteiger partial charge in [0.15, 0.2) is 0 Å². The van der Waals surface area contributed by atoms with Gasteiger partial charge in [0.25, 0.3) is 0 Å². The Bertz CT molecular complexity index is 916. The first kappa shape index (κ1) is 21.7. The van der Waals surface area contributed by atoms with Crippen LogP contribution in [0.5, 0.6) is 5.75 Å². The first-order valence-electron chi connectivity index (χ1n) is 9.58. The lowest BCUT2D eigenvalue weighted by atomic mass is 10.2. The van der Waals surface area contributed by atoms with Crippen LogP contribution in [0.15, 0.2) is 36.4 Å². The van der Waals surface area contributed by atoms with Crippen LogP contribution in [0, 0.1) is 0 Å². The maximum atomic E-state index is 12.6. The molecule has 3 N–H and O–H groups in total. The van der Waals surface area contributed by atoms with Gasteiger partial charge in [0.05, 0.1) is 43.9 Å². The highest BCUT2D eigenvalue weighted by Crippen LogP contribution is 2.30. The molecule has 0 aliphatic carbocycles. The lowest BCUT2D eigenvalue weighted by Gasteiger charge is -2.30. The standard InChI is InChI=1S/C21H25ClN4O4/c1-14(27)24-16-4-6-20(29-2)18(12-16)25-21(28)13-23-17-11-15(22)3-5-19(17)26-7-9-30-10-8-26/h3-6,11-12,23H,7-10,13H2,1-2H3,(H,24,27)(H,25,28). The van der Waals surface area contributed by atoms with Crippen molar-refractivity contribution in [3.63, 3.8) is 0 Å². The molecule has 2 aromatic rings. The van der Waals surface area contributed by atoms with E-state index in [4.69, 9.17) is 21.1 Å². The van der Waals surface area contributed by atoms with Crippen LogP contribution in [0.3, 0.4) is 0 Å². The molecule has 0 spiro atoms. The van der Waals surface area contributed by atoms with Crippen molar-refractivity contribution >= 4 is 46.2 Å². The summed E-state index contributed by atoms with van der Waals surface area (Å²) in [5.41, 5.74) is 2.78. The largest absolute Gasteiger partial charge is 0.495 e. The second-order valence-corrected chi connectivity index (χ2v) is 7.20. The molecule has 1 saturated heterocycles. The normalized spacial score (nSPS) is 13.5. The van der Waals surface area contributed by atoms with Gasteiger partial charge in [0.2, 0.25) is 11.8 Å².